The molecule has 0 aliphatic heterocycles. The molecule has 0 fully saturated rings. The number of aliphatic hydroxyl groups excluding tert-OH is 1. The fourth-order valence-electron chi connectivity index (χ4n) is 2.60. The fraction of sp³-hybridized carbons (Fsp3) is 0.368. The Bertz CT molecular complexity index is 622. The van der Waals surface area contributed by atoms with E-state index in [1.165, 1.54) is 6.07 Å². The molecule has 132 valence electrons. The summed E-state index contributed by atoms with van der Waals surface area (Å²) in [5.41, 5.74) is 7.16. The van der Waals surface area contributed by atoms with E-state index in [1.54, 1.807) is 18.2 Å². The Morgan fingerprint density at radius 2 is 1.67 bits per heavy atom. The van der Waals surface area contributed by atoms with E-state index in [9.17, 15) is 9.50 Å². The standard InChI is InChI=1S/C19H25FN2O.ClH/c1-19(2,15-10-6-7-11-16(15)20)22-13-18(23)17(21)12-14-8-4-3-5-9-14;/h3-11,17-18,22-23H,12-13,21H2,1-2H3;1H/t17-,18+;/m0./s1. The Hall–Kier alpha value is -1.46. The highest BCUT2D eigenvalue weighted by Gasteiger charge is 2.25. The van der Waals surface area contributed by atoms with Crippen molar-refractivity contribution in [3.8, 4) is 0 Å². The van der Waals surface area contributed by atoms with Gasteiger partial charge < -0.3 is 16.2 Å². The molecule has 0 aliphatic rings. The molecule has 24 heavy (non-hydrogen) atoms. The molecule has 0 saturated heterocycles. The first kappa shape index (κ1) is 20.6. The van der Waals surface area contributed by atoms with Crippen LogP contribution in [-0.2, 0) is 12.0 Å². The summed E-state index contributed by atoms with van der Waals surface area (Å²) in [5, 5.41) is 13.5. The van der Waals surface area contributed by atoms with Gasteiger partial charge in [-0.3, -0.25) is 0 Å². The SMILES string of the molecule is CC(C)(NC[C@@H](O)[C@@H](N)Cc1ccccc1)c1ccccc1F.Cl. The average molecular weight is 353 g/mol. The van der Waals surface area contributed by atoms with Crippen molar-refractivity contribution in [2.45, 2.75) is 38.0 Å². The summed E-state index contributed by atoms with van der Waals surface area (Å²) >= 11 is 0. The van der Waals surface area contributed by atoms with Crippen molar-refractivity contribution in [3.63, 3.8) is 0 Å². The van der Waals surface area contributed by atoms with Crippen molar-refractivity contribution in [2.24, 2.45) is 5.73 Å². The largest absolute Gasteiger partial charge is 0.390 e. The van der Waals surface area contributed by atoms with Crippen LogP contribution in [0.2, 0.25) is 0 Å². The van der Waals surface area contributed by atoms with Gasteiger partial charge in [-0.25, -0.2) is 4.39 Å². The van der Waals surface area contributed by atoms with Gasteiger partial charge in [-0.05, 0) is 31.9 Å². The second-order valence-electron chi connectivity index (χ2n) is 6.41. The Morgan fingerprint density at radius 3 is 2.29 bits per heavy atom. The van der Waals surface area contributed by atoms with Gasteiger partial charge in [0.25, 0.3) is 0 Å². The van der Waals surface area contributed by atoms with Crippen LogP contribution < -0.4 is 11.1 Å². The summed E-state index contributed by atoms with van der Waals surface area (Å²) in [5.74, 6) is -0.256. The van der Waals surface area contributed by atoms with E-state index in [2.05, 4.69) is 5.32 Å². The zero-order chi connectivity index (χ0) is 16.9. The van der Waals surface area contributed by atoms with Crippen molar-refractivity contribution in [1.29, 1.82) is 0 Å². The predicted octanol–water partition coefficient (Wildman–Crippen LogP) is 3.00. The van der Waals surface area contributed by atoms with Gasteiger partial charge in [0, 0.05) is 23.7 Å². The summed E-state index contributed by atoms with van der Waals surface area (Å²) in [6.45, 7) is 4.08. The smallest absolute Gasteiger partial charge is 0.128 e. The quantitative estimate of drug-likeness (QED) is 0.718. The van der Waals surface area contributed by atoms with Crippen molar-refractivity contribution in [1.82, 2.24) is 5.32 Å². The van der Waals surface area contributed by atoms with Crippen LogP contribution in [-0.4, -0.2) is 23.8 Å². The molecular formula is C19H26ClFN2O. The summed E-state index contributed by atoms with van der Waals surface area (Å²) in [4.78, 5) is 0. The van der Waals surface area contributed by atoms with Gasteiger partial charge in [-0.15, -0.1) is 12.4 Å². The first-order chi connectivity index (χ1) is 10.9. The van der Waals surface area contributed by atoms with E-state index < -0.39 is 11.6 Å². The van der Waals surface area contributed by atoms with Gasteiger partial charge >= 0.3 is 0 Å². The molecule has 0 heterocycles. The number of nitrogens with one attached hydrogen (secondary N) is 1. The first-order valence-corrected chi connectivity index (χ1v) is 7.88. The summed E-state index contributed by atoms with van der Waals surface area (Å²) in [6.07, 6.45) is -0.106. The third-order valence-electron chi connectivity index (χ3n) is 4.11. The zero-order valence-corrected chi connectivity index (χ0v) is 14.9. The second kappa shape index (κ2) is 9.14. The van der Waals surface area contributed by atoms with Crippen LogP contribution in [0, 0.1) is 5.82 Å². The third kappa shape index (κ3) is 5.56. The Balaban J connectivity index is 0.00000288. The molecule has 0 radical (unpaired) electrons. The highest BCUT2D eigenvalue weighted by atomic mass is 35.5. The average Bonchev–Trinajstić information content (AvgIpc) is 2.54. The Kier molecular flexibility index (Phi) is 7.84. The van der Waals surface area contributed by atoms with Gasteiger partial charge in [0.15, 0.2) is 0 Å². The van der Waals surface area contributed by atoms with Crippen LogP contribution in [0.15, 0.2) is 54.6 Å². The molecule has 2 atom stereocenters. The van der Waals surface area contributed by atoms with Crippen LogP contribution in [0.3, 0.4) is 0 Å². The van der Waals surface area contributed by atoms with Gasteiger partial charge in [0.2, 0.25) is 0 Å². The number of hydrogen-bond donors (Lipinski definition) is 3. The third-order valence-corrected chi connectivity index (χ3v) is 4.11. The maximum Gasteiger partial charge on any atom is 0.128 e. The number of hydrogen-bond acceptors (Lipinski definition) is 3. The zero-order valence-electron chi connectivity index (χ0n) is 14.1. The van der Waals surface area contributed by atoms with E-state index >= 15 is 0 Å². The van der Waals surface area contributed by atoms with Crippen LogP contribution in [0.5, 0.6) is 0 Å². The number of halogens is 2. The summed E-state index contributed by atoms with van der Waals surface area (Å²) in [6, 6.07) is 16.1. The minimum atomic E-state index is -0.707. The number of rotatable bonds is 7. The second-order valence-corrected chi connectivity index (χ2v) is 6.41. The minimum Gasteiger partial charge on any atom is -0.390 e. The molecule has 2 rings (SSSR count). The normalized spacial score (nSPS) is 13.9. The van der Waals surface area contributed by atoms with E-state index in [1.807, 2.05) is 44.2 Å². The molecule has 2 aromatic carbocycles. The monoisotopic (exact) mass is 352 g/mol. The summed E-state index contributed by atoms with van der Waals surface area (Å²) < 4.78 is 13.9. The number of benzene rings is 2. The fourth-order valence-corrected chi connectivity index (χ4v) is 2.60. The molecule has 3 nitrogen and oxygen atoms in total. The van der Waals surface area contributed by atoms with E-state index in [0.29, 0.717) is 18.5 Å². The van der Waals surface area contributed by atoms with Crippen LogP contribution in [0.1, 0.15) is 25.0 Å². The Labute approximate surface area is 149 Å². The molecule has 2 aromatic rings. The molecule has 0 saturated carbocycles. The molecular weight excluding hydrogens is 327 g/mol. The van der Waals surface area contributed by atoms with Gasteiger partial charge in [0.05, 0.1) is 6.10 Å². The minimum absolute atomic E-state index is 0. The van der Waals surface area contributed by atoms with Gasteiger partial charge in [-0.1, -0.05) is 48.5 Å². The van der Waals surface area contributed by atoms with Crippen molar-refractivity contribution < 1.29 is 9.50 Å². The maximum absolute atomic E-state index is 13.9. The molecule has 0 bridgehead atoms. The lowest BCUT2D eigenvalue weighted by atomic mass is 9.93. The molecule has 0 aromatic heterocycles. The van der Waals surface area contributed by atoms with E-state index in [0.717, 1.165) is 5.56 Å². The Morgan fingerprint density at radius 1 is 1.08 bits per heavy atom. The highest BCUT2D eigenvalue weighted by molar-refractivity contribution is 5.85. The maximum atomic E-state index is 13.9. The van der Waals surface area contributed by atoms with Crippen LogP contribution in [0.4, 0.5) is 4.39 Å². The number of aliphatic hydroxyl groups is 1. The van der Waals surface area contributed by atoms with Crippen LogP contribution in [0.25, 0.3) is 0 Å². The van der Waals surface area contributed by atoms with Gasteiger partial charge in [0.1, 0.15) is 5.82 Å². The topological polar surface area (TPSA) is 58.3 Å². The molecule has 0 spiro atoms. The molecule has 0 amide bonds. The number of nitrogens with two attached hydrogens (primary N) is 1. The van der Waals surface area contributed by atoms with E-state index in [-0.39, 0.29) is 24.3 Å². The molecule has 0 unspecified atom stereocenters. The van der Waals surface area contributed by atoms with Crippen molar-refractivity contribution >= 4 is 12.4 Å². The molecule has 4 N–H and O–H groups in total. The highest BCUT2D eigenvalue weighted by Crippen LogP contribution is 2.22. The van der Waals surface area contributed by atoms with Gasteiger partial charge in [-0.2, -0.15) is 0 Å². The predicted molar refractivity (Wildman–Crippen MR) is 98.8 cm³/mol. The first-order valence-electron chi connectivity index (χ1n) is 7.88. The van der Waals surface area contributed by atoms with E-state index in [4.69, 9.17) is 5.73 Å². The van der Waals surface area contributed by atoms with Crippen LogP contribution >= 0.6 is 12.4 Å². The van der Waals surface area contributed by atoms with Crippen molar-refractivity contribution in [3.05, 3.63) is 71.5 Å². The lowest BCUT2D eigenvalue weighted by molar-refractivity contribution is 0.130. The molecule has 0 aliphatic carbocycles. The van der Waals surface area contributed by atoms with Crippen molar-refractivity contribution in [2.75, 3.05) is 6.54 Å². The molecule has 5 heteroatoms. The summed E-state index contributed by atoms with van der Waals surface area (Å²) in [7, 11) is 0. The lowest BCUT2D eigenvalue weighted by Crippen LogP contribution is -2.48. The lowest BCUT2D eigenvalue weighted by Gasteiger charge is -2.30.